The Hall–Kier alpha value is -0.840. The summed E-state index contributed by atoms with van der Waals surface area (Å²) in [6.45, 7) is 0. The molecule has 2 nitrogen and oxygen atoms in total. The highest BCUT2D eigenvalue weighted by atomic mass is 79.9. The zero-order valence-corrected chi connectivity index (χ0v) is 10.4. The van der Waals surface area contributed by atoms with E-state index >= 15 is 0 Å². The van der Waals surface area contributed by atoms with Crippen LogP contribution >= 0.6 is 27.5 Å². The highest BCUT2D eigenvalue weighted by Crippen LogP contribution is 2.27. The lowest BCUT2D eigenvalue weighted by atomic mass is 10.1. The van der Waals surface area contributed by atoms with Gasteiger partial charge in [-0.1, -0.05) is 17.7 Å². The van der Waals surface area contributed by atoms with Gasteiger partial charge >= 0.3 is 0 Å². The van der Waals surface area contributed by atoms with Gasteiger partial charge in [0, 0.05) is 10.6 Å². The van der Waals surface area contributed by atoms with E-state index < -0.39 is 11.9 Å². The Morgan fingerprint density at radius 3 is 2.62 bits per heavy atom. The number of benzene rings is 1. The molecule has 0 amide bonds. The van der Waals surface area contributed by atoms with Gasteiger partial charge in [0.15, 0.2) is 4.67 Å². The number of hydrogen-bond donors (Lipinski definition) is 1. The normalized spacial score (nSPS) is 12.8. The van der Waals surface area contributed by atoms with Crippen LogP contribution in [0.4, 0.5) is 4.39 Å². The molecule has 0 aliphatic rings. The van der Waals surface area contributed by atoms with Gasteiger partial charge in [-0.15, -0.1) is 0 Å². The molecule has 1 aromatic carbocycles. The van der Waals surface area contributed by atoms with Crippen molar-refractivity contribution in [2.75, 3.05) is 0 Å². The zero-order chi connectivity index (χ0) is 11.7. The molecule has 0 aliphatic heterocycles. The van der Waals surface area contributed by atoms with Crippen molar-refractivity contribution in [1.82, 2.24) is 0 Å². The monoisotopic (exact) mass is 303 g/mol. The number of hydrogen-bond acceptors (Lipinski definition) is 2. The summed E-state index contributed by atoms with van der Waals surface area (Å²) in [4.78, 5) is 0. The van der Waals surface area contributed by atoms with Gasteiger partial charge in [0.05, 0.1) is 6.04 Å². The Kier molecular flexibility index (Phi) is 3.33. The van der Waals surface area contributed by atoms with Gasteiger partial charge in [0.2, 0.25) is 0 Å². The van der Waals surface area contributed by atoms with Gasteiger partial charge in [-0.2, -0.15) is 0 Å². The maximum absolute atomic E-state index is 13.6. The standard InChI is InChI=1S/C11H8BrClFNO/c12-10-4-3-9(16-10)11(15)7-2-1-6(13)5-8(7)14/h1-5,11H,15H2. The molecule has 1 atom stereocenters. The van der Waals surface area contributed by atoms with Crippen LogP contribution in [0.3, 0.4) is 0 Å². The number of rotatable bonds is 2. The smallest absolute Gasteiger partial charge is 0.169 e. The summed E-state index contributed by atoms with van der Waals surface area (Å²) in [5, 5.41) is 0.342. The fraction of sp³-hybridized carbons (Fsp3) is 0.0909. The molecule has 2 aromatic rings. The highest BCUT2D eigenvalue weighted by molar-refractivity contribution is 9.10. The van der Waals surface area contributed by atoms with Crippen LogP contribution in [-0.2, 0) is 0 Å². The minimum absolute atomic E-state index is 0.342. The quantitative estimate of drug-likeness (QED) is 0.914. The van der Waals surface area contributed by atoms with E-state index in [-0.39, 0.29) is 0 Å². The van der Waals surface area contributed by atoms with E-state index in [9.17, 15) is 4.39 Å². The van der Waals surface area contributed by atoms with E-state index in [2.05, 4.69) is 15.9 Å². The molecule has 84 valence electrons. The van der Waals surface area contributed by atoms with E-state index in [0.29, 0.717) is 21.0 Å². The lowest BCUT2D eigenvalue weighted by molar-refractivity contribution is 0.463. The molecule has 2 rings (SSSR count). The summed E-state index contributed by atoms with van der Waals surface area (Å²) in [5.41, 5.74) is 6.24. The van der Waals surface area contributed by atoms with E-state index in [4.69, 9.17) is 21.8 Å². The van der Waals surface area contributed by atoms with E-state index in [1.54, 1.807) is 24.3 Å². The molecular weight excluding hydrogens is 296 g/mol. The molecule has 0 saturated carbocycles. The Labute approximate surface area is 105 Å². The molecule has 1 heterocycles. The SMILES string of the molecule is NC(c1ccc(Br)o1)c1ccc(Cl)cc1F. The van der Waals surface area contributed by atoms with Crippen LogP contribution in [0.15, 0.2) is 39.4 Å². The number of halogens is 3. The molecule has 1 unspecified atom stereocenters. The maximum atomic E-state index is 13.6. The van der Waals surface area contributed by atoms with Crippen molar-refractivity contribution >= 4 is 27.5 Å². The molecule has 0 saturated heterocycles. The molecule has 2 N–H and O–H groups in total. The average molecular weight is 305 g/mol. The van der Waals surface area contributed by atoms with E-state index in [1.807, 2.05) is 0 Å². The first-order valence-corrected chi connectivity index (χ1v) is 5.71. The third-order valence-electron chi connectivity index (χ3n) is 2.20. The fourth-order valence-electron chi connectivity index (χ4n) is 1.40. The molecular formula is C11H8BrClFNO. The van der Waals surface area contributed by atoms with Crippen LogP contribution in [0, 0.1) is 5.82 Å². The Bertz CT molecular complexity index is 514. The van der Waals surface area contributed by atoms with Crippen molar-refractivity contribution in [3.8, 4) is 0 Å². The average Bonchev–Trinajstić information content (AvgIpc) is 2.64. The molecule has 0 radical (unpaired) electrons. The predicted molar refractivity (Wildman–Crippen MR) is 63.8 cm³/mol. The minimum Gasteiger partial charge on any atom is -0.452 e. The number of furan rings is 1. The van der Waals surface area contributed by atoms with Crippen molar-refractivity contribution in [3.63, 3.8) is 0 Å². The summed E-state index contributed by atoms with van der Waals surface area (Å²) >= 11 is 8.83. The second-order valence-electron chi connectivity index (χ2n) is 3.29. The van der Waals surface area contributed by atoms with Crippen molar-refractivity contribution in [2.24, 2.45) is 5.73 Å². The Balaban J connectivity index is 2.37. The molecule has 0 spiro atoms. The molecule has 1 aromatic heterocycles. The first-order chi connectivity index (χ1) is 7.58. The predicted octanol–water partition coefficient (Wildman–Crippen LogP) is 3.88. The van der Waals surface area contributed by atoms with Crippen molar-refractivity contribution < 1.29 is 8.81 Å². The second kappa shape index (κ2) is 4.57. The lowest BCUT2D eigenvalue weighted by Gasteiger charge is -2.10. The molecule has 16 heavy (non-hydrogen) atoms. The van der Waals surface area contributed by atoms with Gasteiger partial charge in [-0.3, -0.25) is 0 Å². The van der Waals surface area contributed by atoms with Crippen LogP contribution in [0.2, 0.25) is 5.02 Å². The van der Waals surface area contributed by atoms with Crippen molar-refractivity contribution in [2.45, 2.75) is 6.04 Å². The zero-order valence-electron chi connectivity index (χ0n) is 8.08. The van der Waals surface area contributed by atoms with Gasteiger partial charge in [0.1, 0.15) is 11.6 Å². The van der Waals surface area contributed by atoms with Gasteiger partial charge in [-0.25, -0.2) is 4.39 Å². The van der Waals surface area contributed by atoms with Crippen molar-refractivity contribution in [1.29, 1.82) is 0 Å². The third-order valence-corrected chi connectivity index (χ3v) is 2.86. The van der Waals surface area contributed by atoms with Crippen LogP contribution < -0.4 is 5.73 Å². The lowest BCUT2D eigenvalue weighted by Crippen LogP contribution is -2.12. The first kappa shape index (κ1) is 11.6. The molecule has 0 bridgehead atoms. The summed E-state index contributed by atoms with van der Waals surface area (Å²) in [6, 6.07) is 7.15. The molecule has 0 fully saturated rings. The van der Waals surface area contributed by atoms with Gasteiger partial charge < -0.3 is 10.2 Å². The fourth-order valence-corrected chi connectivity index (χ4v) is 1.88. The third kappa shape index (κ3) is 2.29. The molecule has 0 aliphatic carbocycles. The van der Waals surface area contributed by atoms with Crippen molar-refractivity contribution in [3.05, 3.63) is 57.2 Å². The highest BCUT2D eigenvalue weighted by Gasteiger charge is 2.16. The number of nitrogens with two attached hydrogens (primary N) is 1. The first-order valence-electron chi connectivity index (χ1n) is 4.53. The second-order valence-corrected chi connectivity index (χ2v) is 4.50. The Morgan fingerprint density at radius 1 is 1.31 bits per heavy atom. The summed E-state index contributed by atoms with van der Waals surface area (Å²) in [6.07, 6.45) is 0. The van der Waals surface area contributed by atoms with Crippen LogP contribution in [-0.4, -0.2) is 0 Å². The van der Waals surface area contributed by atoms with E-state index in [0.717, 1.165) is 0 Å². The van der Waals surface area contributed by atoms with Crippen LogP contribution in [0.1, 0.15) is 17.4 Å². The topological polar surface area (TPSA) is 39.2 Å². The molecule has 5 heteroatoms. The summed E-state index contributed by atoms with van der Waals surface area (Å²) < 4.78 is 19.4. The van der Waals surface area contributed by atoms with Gasteiger partial charge in [-0.05, 0) is 40.2 Å². The van der Waals surface area contributed by atoms with Crippen LogP contribution in [0.25, 0.3) is 0 Å². The largest absolute Gasteiger partial charge is 0.452 e. The summed E-state index contributed by atoms with van der Waals surface area (Å²) in [7, 11) is 0. The Morgan fingerprint density at radius 2 is 2.06 bits per heavy atom. The summed E-state index contributed by atoms with van der Waals surface area (Å²) in [5.74, 6) is 0.0561. The maximum Gasteiger partial charge on any atom is 0.169 e. The minimum atomic E-state index is -0.636. The van der Waals surface area contributed by atoms with E-state index in [1.165, 1.54) is 6.07 Å². The van der Waals surface area contributed by atoms with Gasteiger partial charge in [0.25, 0.3) is 0 Å². The van der Waals surface area contributed by atoms with Crippen LogP contribution in [0.5, 0.6) is 0 Å².